The van der Waals surface area contributed by atoms with Crippen molar-refractivity contribution in [2.75, 3.05) is 32.5 Å². The molecule has 4 rings (SSSR count). The quantitative estimate of drug-likeness (QED) is 0.191. The number of carboxylic acid groups (broad SMARTS) is 1. The first-order chi connectivity index (χ1) is 17.9. The van der Waals surface area contributed by atoms with Gasteiger partial charge in [0, 0.05) is 34.5 Å². The number of halogens is 2. The molecule has 3 aromatic rings. The number of thioether (sulfide) groups is 1. The predicted octanol–water partition coefficient (Wildman–Crippen LogP) is 7.28. The van der Waals surface area contributed by atoms with E-state index in [0.717, 1.165) is 59.0 Å². The number of carbonyl (C=O) groups is 1. The van der Waals surface area contributed by atoms with Crippen LogP contribution in [0.25, 0.3) is 10.9 Å². The van der Waals surface area contributed by atoms with E-state index in [2.05, 4.69) is 16.0 Å². The van der Waals surface area contributed by atoms with Crippen LogP contribution in [0.2, 0.25) is 5.02 Å². The van der Waals surface area contributed by atoms with E-state index in [1.807, 2.05) is 36.4 Å². The predicted molar refractivity (Wildman–Crippen MR) is 148 cm³/mol. The number of methoxy groups -OCH3 is 1. The minimum atomic E-state index is -1.13. The lowest BCUT2D eigenvalue weighted by Crippen LogP contribution is -2.42. The van der Waals surface area contributed by atoms with E-state index < -0.39 is 12.1 Å². The monoisotopic (exact) mass is 544 g/mol. The van der Waals surface area contributed by atoms with Crippen molar-refractivity contribution in [2.24, 2.45) is 11.8 Å². The molecule has 198 valence electrons. The molecule has 1 unspecified atom stereocenters. The van der Waals surface area contributed by atoms with Crippen LogP contribution in [-0.2, 0) is 4.79 Å². The minimum absolute atomic E-state index is 0.0355. The number of aromatic nitrogens is 1. The zero-order chi connectivity index (χ0) is 26.2. The Morgan fingerprint density at radius 1 is 1.27 bits per heavy atom. The van der Waals surface area contributed by atoms with Crippen LogP contribution < -0.4 is 4.74 Å². The minimum Gasteiger partial charge on any atom is -0.497 e. The van der Waals surface area contributed by atoms with Crippen molar-refractivity contribution in [3.05, 3.63) is 65.3 Å². The molecule has 0 radical (unpaired) electrons. The molecule has 8 heteroatoms. The van der Waals surface area contributed by atoms with Gasteiger partial charge in [0.05, 0.1) is 12.6 Å². The van der Waals surface area contributed by atoms with Crippen molar-refractivity contribution < 1.29 is 19.0 Å². The summed E-state index contributed by atoms with van der Waals surface area (Å²) in [6.45, 7) is 2.62. The third-order valence-electron chi connectivity index (χ3n) is 7.21. The van der Waals surface area contributed by atoms with E-state index in [4.69, 9.17) is 16.3 Å². The zero-order valence-electron chi connectivity index (χ0n) is 21.1. The van der Waals surface area contributed by atoms with Gasteiger partial charge in [0.15, 0.2) is 0 Å². The summed E-state index contributed by atoms with van der Waals surface area (Å²) in [5, 5.41) is 11.0. The molecule has 1 aliphatic heterocycles. The molecule has 2 aromatic carbocycles. The molecule has 1 fully saturated rings. The number of alkyl halides is 1. The standard InChI is InChI=1S/C29H34ClFN2O3S/c1-36-23-7-9-28-26(18-23)25(10-12-32-28)27(31)8-6-20-11-14-33(19-21(20)16-29(34)35)13-3-15-37-24-5-2-4-22(30)17-24/h2,4-5,7,9-10,12,17-18,20-21,27H,3,6,8,11,13-16,19H2,1H3,(H,34,35)/t20-,21+,27?/m1/s1. The molecule has 1 aromatic heterocycles. The Balaban J connectivity index is 1.31. The maximum absolute atomic E-state index is 15.5. The number of piperidine rings is 1. The van der Waals surface area contributed by atoms with Crippen LogP contribution in [-0.4, -0.2) is 53.5 Å². The lowest BCUT2D eigenvalue weighted by Gasteiger charge is -2.38. The number of rotatable bonds is 12. The molecule has 0 bridgehead atoms. The summed E-state index contributed by atoms with van der Waals surface area (Å²) in [7, 11) is 1.59. The summed E-state index contributed by atoms with van der Waals surface area (Å²) in [6, 6.07) is 15.1. The molecule has 0 spiro atoms. The lowest BCUT2D eigenvalue weighted by atomic mass is 9.79. The summed E-state index contributed by atoms with van der Waals surface area (Å²) in [5.74, 6) is 1.12. The molecular weight excluding hydrogens is 511 g/mol. The highest BCUT2D eigenvalue weighted by Gasteiger charge is 2.31. The molecule has 3 atom stereocenters. The highest BCUT2D eigenvalue weighted by atomic mass is 35.5. The van der Waals surface area contributed by atoms with Gasteiger partial charge < -0.3 is 14.7 Å². The van der Waals surface area contributed by atoms with Crippen molar-refractivity contribution >= 4 is 40.2 Å². The fourth-order valence-electron chi connectivity index (χ4n) is 5.29. The van der Waals surface area contributed by atoms with Crippen LogP contribution in [0.1, 0.15) is 43.8 Å². The number of ether oxygens (including phenoxy) is 1. The maximum Gasteiger partial charge on any atom is 0.303 e. The lowest BCUT2D eigenvalue weighted by molar-refractivity contribution is -0.139. The number of likely N-dealkylation sites (tertiary alicyclic amines) is 1. The number of hydrogen-bond acceptors (Lipinski definition) is 5. The van der Waals surface area contributed by atoms with Gasteiger partial charge in [-0.1, -0.05) is 17.7 Å². The second kappa shape index (κ2) is 13.4. The van der Waals surface area contributed by atoms with Crippen molar-refractivity contribution in [1.29, 1.82) is 0 Å². The van der Waals surface area contributed by atoms with Gasteiger partial charge in [0.1, 0.15) is 11.9 Å². The Morgan fingerprint density at radius 3 is 2.92 bits per heavy atom. The summed E-state index contributed by atoms with van der Waals surface area (Å²) < 4.78 is 20.8. The number of hydrogen-bond donors (Lipinski definition) is 1. The smallest absolute Gasteiger partial charge is 0.303 e. The van der Waals surface area contributed by atoms with E-state index in [1.54, 1.807) is 31.1 Å². The number of fused-ring (bicyclic) bond motifs is 1. The normalized spacial score (nSPS) is 19.1. The molecule has 5 nitrogen and oxygen atoms in total. The molecule has 2 heterocycles. The van der Waals surface area contributed by atoms with Gasteiger partial charge in [0.25, 0.3) is 0 Å². The summed E-state index contributed by atoms with van der Waals surface area (Å²) in [5.41, 5.74) is 1.36. The zero-order valence-corrected chi connectivity index (χ0v) is 22.7. The first-order valence-electron chi connectivity index (χ1n) is 12.8. The van der Waals surface area contributed by atoms with Gasteiger partial charge in [-0.05, 0) is 104 Å². The van der Waals surface area contributed by atoms with Gasteiger partial charge in [-0.15, -0.1) is 11.8 Å². The number of nitrogens with zero attached hydrogens (tertiary/aromatic N) is 2. The second-order valence-electron chi connectivity index (χ2n) is 9.69. The number of carboxylic acids is 1. The van der Waals surface area contributed by atoms with Gasteiger partial charge >= 0.3 is 5.97 Å². The van der Waals surface area contributed by atoms with Crippen LogP contribution in [0.3, 0.4) is 0 Å². The maximum atomic E-state index is 15.5. The van der Waals surface area contributed by atoms with E-state index in [1.165, 1.54) is 0 Å². The molecule has 1 aliphatic rings. The van der Waals surface area contributed by atoms with Crippen molar-refractivity contribution in [3.8, 4) is 5.75 Å². The molecule has 0 saturated carbocycles. The summed E-state index contributed by atoms with van der Waals surface area (Å²) in [6.07, 6.45) is 3.60. The Hall–Kier alpha value is -2.35. The second-order valence-corrected chi connectivity index (χ2v) is 11.3. The van der Waals surface area contributed by atoms with Crippen molar-refractivity contribution in [3.63, 3.8) is 0 Å². The van der Waals surface area contributed by atoms with Gasteiger partial charge in [-0.3, -0.25) is 9.78 Å². The third-order valence-corrected chi connectivity index (χ3v) is 8.52. The van der Waals surface area contributed by atoms with Crippen LogP contribution >= 0.6 is 23.4 Å². The van der Waals surface area contributed by atoms with E-state index in [-0.39, 0.29) is 18.3 Å². The average Bonchev–Trinajstić information content (AvgIpc) is 2.89. The molecule has 0 aliphatic carbocycles. The average molecular weight is 545 g/mol. The fraction of sp³-hybridized carbons (Fsp3) is 0.448. The number of benzene rings is 2. The molecular formula is C29H34ClFN2O3S. The van der Waals surface area contributed by atoms with Gasteiger partial charge in [-0.2, -0.15) is 0 Å². The Kier molecular flexibility index (Phi) is 10.1. The van der Waals surface area contributed by atoms with Crippen LogP contribution in [0.4, 0.5) is 4.39 Å². The van der Waals surface area contributed by atoms with Gasteiger partial charge in [0.2, 0.25) is 0 Å². The Labute approximate surface area is 227 Å². The van der Waals surface area contributed by atoms with E-state index >= 15 is 4.39 Å². The fourth-order valence-corrected chi connectivity index (χ4v) is 6.44. The highest BCUT2D eigenvalue weighted by molar-refractivity contribution is 7.99. The highest BCUT2D eigenvalue weighted by Crippen LogP contribution is 2.36. The largest absolute Gasteiger partial charge is 0.497 e. The third kappa shape index (κ3) is 7.82. The van der Waals surface area contributed by atoms with Crippen LogP contribution in [0.15, 0.2) is 59.6 Å². The molecule has 37 heavy (non-hydrogen) atoms. The number of aliphatic carboxylic acids is 1. The van der Waals surface area contributed by atoms with Crippen LogP contribution in [0, 0.1) is 11.8 Å². The summed E-state index contributed by atoms with van der Waals surface area (Å²) in [4.78, 5) is 19.5. The van der Waals surface area contributed by atoms with Crippen LogP contribution in [0.5, 0.6) is 5.75 Å². The molecule has 1 N–H and O–H groups in total. The molecule has 1 saturated heterocycles. The summed E-state index contributed by atoms with van der Waals surface area (Å²) >= 11 is 7.86. The van der Waals surface area contributed by atoms with E-state index in [9.17, 15) is 9.90 Å². The van der Waals surface area contributed by atoms with E-state index in [0.29, 0.717) is 24.2 Å². The van der Waals surface area contributed by atoms with Crippen molar-refractivity contribution in [1.82, 2.24) is 9.88 Å². The molecule has 0 amide bonds. The Bertz CT molecular complexity index is 1200. The van der Waals surface area contributed by atoms with Crippen molar-refractivity contribution in [2.45, 2.75) is 43.2 Å². The SMILES string of the molecule is COc1ccc2nccc(C(F)CC[C@@H]3CCN(CCCSc4cccc(Cl)c4)C[C@@H]3CC(=O)O)c2c1. The first-order valence-corrected chi connectivity index (χ1v) is 14.2. The first kappa shape index (κ1) is 27.7. The Morgan fingerprint density at radius 2 is 2.14 bits per heavy atom. The number of pyridine rings is 1. The van der Waals surface area contributed by atoms with Gasteiger partial charge in [-0.25, -0.2) is 4.39 Å². The topological polar surface area (TPSA) is 62.7 Å².